The molecule has 3 rings (SSSR count). The highest BCUT2D eigenvalue weighted by Crippen LogP contribution is 2.58. The maximum absolute atomic E-state index is 14.7. The second kappa shape index (κ2) is 8.83. The van der Waals surface area contributed by atoms with Crippen molar-refractivity contribution in [3.05, 3.63) is 57.4 Å². The molecular weight excluding hydrogens is 457 g/mol. The zero-order chi connectivity index (χ0) is 24.7. The Bertz CT molecular complexity index is 1100. The first kappa shape index (κ1) is 24.2. The van der Waals surface area contributed by atoms with Gasteiger partial charge in [0.1, 0.15) is 24.9 Å². The Labute approximate surface area is 183 Å². The molecule has 0 aromatic heterocycles. The fourth-order valence-corrected chi connectivity index (χ4v) is 3.85. The number of rotatable bonds is 7. The lowest BCUT2D eigenvalue weighted by atomic mass is 9.77. The summed E-state index contributed by atoms with van der Waals surface area (Å²) >= 11 is 0. The average Bonchev–Trinajstić information content (AvgIpc) is 3.36. The number of benzene rings is 1. The standard InChI is InChI=1S/C21H18F5NO6/c1-8(28)33-7-14-17(19(29)30)16(18(20(31)32-2)13(6-22)27-14)10-3-9(23)4-12(24)15(10)11-5-21(11,25)26/h3-4,11,16,27H,5-7H2,1-2H3,(H,29,30). The number of allylic oxidation sites excluding steroid dienone is 1. The lowest BCUT2D eigenvalue weighted by Crippen LogP contribution is -2.36. The fourth-order valence-electron chi connectivity index (χ4n) is 3.85. The number of dihydropyridines is 1. The van der Waals surface area contributed by atoms with E-state index in [9.17, 15) is 41.4 Å². The number of hydrogen-bond donors (Lipinski definition) is 2. The number of carboxylic acid groups (broad SMARTS) is 1. The molecule has 2 N–H and O–H groups in total. The summed E-state index contributed by atoms with van der Waals surface area (Å²) in [6.45, 7) is -1.09. The van der Waals surface area contributed by atoms with Gasteiger partial charge in [-0.25, -0.2) is 31.5 Å². The second-order valence-electron chi connectivity index (χ2n) is 7.46. The van der Waals surface area contributed by atoms with Gasteiger partial charge in [0.2, 0.25) is 0 Å². The summed E-state index contributed by atoms with van der Waals surface area (Å²) in [5.41, 5.74) is -3.64. The van der Waals surface area contributed by atoms with Gasteiger partial charge in [0.05, 0.1) is 41.5 Å². The molecule has 1 saturated carbocycles. The number of carbonyl (C=O) groups excluding carboxylic acids is 2. The van der Waals surface area contributed by atoms with Crippen LogP contribution in [0, 0.1) is 11.6 Å². The number of alkyl halides is 3. The van der Waals surface area contributed by atoms with Crippen LogP contribution in [0.5, 0.6) is 0 Å². The third-order valence-corrected chi connectivity index (χ3v) is 5.33. The smallest absolute Gasteiger partial charge is 0.336 e. The zero-order valence-corrected chi connectivity index (χ0v) is 17.3. The number of hydrogen-bond acceptors (Lipinski definition) is 6. The van der Waals surface area contributed by atoms with Crippen molar-refractivity contribution in [2.45, 2.75) is 31.1 Å². The summed E-state index contributed by atoms with van der Waals surface area (Å²) in [4.78, 5) is 36.0. The highest BCUT2D eigenvalue weighted by molar-refractivity contribution is 5.99. The van der Waals surface area contributed by atoms with Gasteiger partial charge < -0.3 is 19.9 Å². The summed E-state index contributed by atoms with van der Waals surface area (Å²) in [6.07, 6.45) is -0.785. The molecule has 1 aromatic rings. The summed E-state index contributed by atoms with van der Waals surface area (Å²) in [5.74, 6) is -13.4. The molecule has 12 heteroatoms. The predicted molar refractivity (Wildman–Crippen MR) is 101 cm³/mol. The minimum atomic E-state index is -3.34. The Kier molecular flexibility index (Phi) is 6.48. The Morgan fingerprint density at radius 3 is 2.30 bits per heavy atom. The van der Waals surface area contributed by atoms with Gasteiger partial charge in [-0.05, 0) is 11.6 Å². The Morgan fingerprint density at radius 1 is 1.18 bits per heavy atom. The van der Waals surface area contributed by atoms with Crippen molar-refractivity contribution in [3.63, 3.8) is 0 Å². The number of methoxy groups -OCH3 is 1. The van der Waals surface area contributed by atoms with Crippen molar-refractivity contribution in [1.82, 2.24) is 5.32 Å². The van der Waals surface area contributed by atoms with E-state index in [-0.39, 0.29) is 0 Å². The molecule has 1 aliphatic carbocycles. The Balaban J connectivity index is 2.35. The average molecular weight is 475 g/mol. The summed E-state index contributed by atoms with van der Waals surface area (Å²) in [5, 5.41) is 12.2. The SMILES string of the molecule is COC(=O)C1=C(CF)NC(COC(C)=O)=C(C(=O)O)C1c1cc(F)cc(F)c1C1CC1(F)F. The molecule has 2 atom stereocenters. The van der Waals surface area contributed by atoms with Gasteiger partial charge in [0.15, 0.2) is 0 Å². The van der Waals surface area contributed by atoms with Crippen LogP contribution in [0.25, 0.3) is 0 Å². The maximum atomic E-state index is 14.7. The largest absolute Gasteiger partial charge is 0.478 e. The van der Waals surface area contributed by atoms with Crippen LogP contribution in [0.1, 0.15) is 36.3 Å². The van der Waals surface area contributed by atoms with Crippen LogP contribution in [-0.4, -0.2) is 49.3 Å². The molecule has 33 heavy (non-hydrogen) atoms. The summed E-state index contributed by atoms with van der Waals surface area (Å²) < 4.78 is 80.0. The zero-order valence-electron chi connectivity index (χ0n) is 17.3. The van der Waals surface area contributed by atoms with Crippen LogP contribution < -0.4 is 5.32 Å². The predicted octanol–water partition coefficient (Wildman–Crippen LogP) is 3.07. The summed E-state index contributed by atoms with van der Waals surface area (Å²) in [7, 11) is 0.906. The van der Waals surface area contributed by atoms with Gasteiger partial charge in [-0.1, -0.05) is 0 Å². The second-order valence-corrected chi connectivity index (χ2v) is 7.46. The van der Waals surface area contributed by atoms with E-state index in [1.165, 1.54) is 0 Å². The number of halogens is 5. The number of aliphatic carboxylic acids is 1. The van der Waals surface area contributed by atoms with Crippen LogP contribution in [0.4, 0.5) is 22.0 Å². The first-order chi connectivity index (χ1) is 15.4. The molecule has 7 nitrogen and oxygen atoms in total. The maximum Gasteiger partial charge on any atom is 0.336 e. The van der Waals surface area contributed by atoms with Crippen molar-refractivity contribution in [2.75, 3.05) is 20.4 Å². The van der Waals surface area contributed by atoms with E-state index < -0.39 is 101 Å². The molecule has 0 spiro atoms. The summed E-state index contributed by atoms with van der Waals surface area (Å²) in [6, 6.07) is 0.976. The number of carboxylic acids is 1. The normalized spacial score (nSPS) is 21.4. The van der Waals surface area contributed by atoms with E-state index >= 15 is 0 Å². The molecule has 0 radical (unpaired) electrons. The van der Waals surface area contributed by atoms with Crippen LogP contribution in [0.3, 0.4) is 0 Å². The molecule has 0 amide bonds. The van der Waals surface area contributed by atoms with E-state index in [0.29, 0.717) is 12.1 Å². The third-order valence-electron chi connectivity index (χ3n) is 5.33. The molecule has 178 valence electrons. The van der Waals surface area contributed by atoms with Crippen molar-refractivity contribution in [2.24, 2.45) is 0 Å². The van der Waals surface area contributed by atoms with Crippen LogP contribution >= 0.6 is 0 Å². The van der Waals surface area contributed by atoms with E-state index in [1.54, 1.807) is 0 Å². The minimum Gasteiger partial charge on any atom is -0.478 e. The molecule has 1 heterocycles. The van der Waals surface area contributed by atoms with Crippen molar-refractivity contribution >= 4 is 17.9 Å². The highest BCUT2D eigenvalue weighted by atomic mass is 19.3. The van der Waals surface area contributed by atoms with Gasteiger partial charge in [0, 0.05) is 25.0 Å². The molecule has 2 aliphatic rings. The van der Waals surface area contributed by atoms with E-state index in [0.717, 1.165) is 14.0 Å². The topological polar surface area (TPSA) is 102 Å². The van der Waals surface area contributed by atoms with Gasteiger partial charge in [-0.3, -0.25) is 4.79 Å². The van der Waals surface area contributed by atoms with Gasteiger partial charge >= 0.3 is 17.9 Å². The van der Waals surface area contributed by atoms with Crippen molar-refractivity contribution in [3.8, 4) is 0 Å². The Morgan fingerprint density at radius 2 is 1.82 bits per heavy atom. The Hall–Kier alpha value is -3.44. The number of ether oxygens (including phenoxy) is 2. The van der Waals surface area contributed by atoms with Crippen LogP contribution in [0.2, 0.25) is 0 Å². The third kappa shape index (κ3) is 4.55. The number of carbonyl (C=O) groups is 3. The van der Waals surface area contributed by atoms with Crippen molar-refractivity contribution < 1.29 is 50.9 Å². The van der Waals surface area contributed by atoms with Crippen LogP contribution in [-0.2, 0) is 23.9 Å². The first-order valence-electron chi connectivity index (χ1n) is 9.53. The fraction of sp³-hybridized carbons (Fsp3) is 0.381. The monoisotopic (exact) mass is 475 g/mol. The number of esters is 2. The first-order valence-corrected chi connectivity index (χ1v) is 9.53. The van der Waals surface area contributed by atoms with E-state index in [4.69, 9.17) is 4.74 Å². The lowest BCUT2D eigenvalue weighted by molar-refractivity contribution is -0.141. The van der Waals surface area contributed by atoms with Gasteiger partial charge in [-0.2, -0.15) is 0 Å². The molecule has 1 fully saturated rings. The molecule has 0 saturated heterocycles. The molecular formula is C21H18F5NO6. The molecule has 2 unspecified atom stereocenters. The minimum absolute atomic E-state index is 0.357. The van der Waals surface area contributed by atoms with Gasteiger partial charge in [0.25, 0.3) is 5.92 Å². The molecule has 0 bridgehead atoms. The quantitative estimate of drug-likeness (QED) is 0.462. The van der Waals surface area contributed by atoms with Gasteiger partial charge in [-0.15, -0.1) is 0 Å². The lowest BCUT2D eigenvalue weighted by Gasteiger charge is -2.32. The molecule has 1 aromatic carbocycles. The highest BCUT2D eigenvalue weighted by Gasteiger charge is 2.60. The molecule has 1 aliphatic heterocycles. The van der Waals surface area contributed by atoms with Crippen LogP contribution in [0.15, 0.2) is 34.7 Å². The number of nitrogens with one attached hydrogen (secondary N) is 1. The van der Waals surface area contributed by atoms with Crippen molar-refractivity contribution in [1.29, 1.82) is 0 Å². The van der Waals surface area contributed by atoms with E-state index in [2.05, 4.69) is 10.1 Å². The van der Waals surface area contributed by atoms with E-state index in [1.807, 2.05) is 0 Å².